The van der Waals surface area contributed by atoms with E-state index in [9.17, 15) is 4.39 Å². The molecule has 0 aromatic heterocycles. The van der Waals surface area contributed by atoms with Crippen molar-refractivity contribution in [1.82, 2.24) is 0 Å². The summed E-state index contributed by atoms with van der Waals surface area (Å²) in [6.07, 6.45) is 1.59. The van der Waals surface area contributed by atoms with Gasteiger partial charge in [0.1, 0.15) is 17.2 Å². The molecule has 1 fully saturated rings. The predicted octanol–water partition coefficient (Wildman–Crippen LogP) is 2.40. The van der Waals surface area contributed by atoms with Crippen LogP contribution in [-0.2, 0) is 4.74 Å². The van der Waals surface area contributed by atoms with Crippen LogP contribution < -0.4 is 10.5 Å². The van der Waals surface area contributed by atoms with Crippen LogP contribution in [0.1, 0.15) is 31.4 Å². The molecule has 1 spiro atoms. The Hall–Kier alpha value is -1.13. The van der Waals surface area contributed by atoms with Crippen LogP contribution in [0.4, 0.5) is 4.39 Å². The van der Waals surface area contributed by atoms with Crippen LogP contribution in [-0.4, -0.2) is 18.8 Å². The summed E-state index contributed by atoms with van der Waals surface area (Å²) < 4.78 is 24.9. The summed E-state index contributed by atoms with van der Waals surface area (Å²) in [7, 11) is 0. The molecule has 4 heteroatoms. The van der Waals surface area contributed by atoms with E-state index in [1.54, 1.807) is 6.07 Å². The second kappa shape index (κ2) is 4.21. The first kappa shape index (κ1) is 11.9. The van der Waals surface area contributed by atoms with Crippen LogP contribution >= 0.6 is 0 Å². The number of benzene rings is 1. The predicted molar refractivity (Wildman–Crippen MR) is 65.9 cm³/mol. The van der Waals surface area contributed by atoms with Crippen molar-refractivity contribution in [2.45, 2.75) is 31.4 Å². The van der Waals surface area contributed by atoms with E-state index in [0.717, 1.165) is 18.4 Å². The van der Waals surface area contributed by atoms with E-state index in [2.05, 4.69) is 6.92 Å². The summed E-state index contributed by atoms with van der Waals surface area (Å²) in [6, 6.07) is 4.52. The Bertz CT molecular complexity index is 465. The first-order valence-corrected chi connectivity index (χ1v) is 6.42. The number of halogens is 1. The van der Waals surface area contributed by atoms with E-state index in [0.29, 0.717) is 19.0 Å². The van der Waals surface area contributed by atoms with E-state index in [1.165, 1.54) is 12.1 Å². The first-order valence-electron chi connectivity index (χ1n) is 6.42. The van der Waals surface area contributed by atoms with Gasteiger partial charge in [0.15, 0.2) is 0 Å². The van der Waals surface area contributed by atoms with Crippen molar-refractivity contribution in [2.24, 2.45) is 11.7 Å². The SMILES string of the molecule is CC1COCCC12C[C@H](N)c1ccc(F)cc1O2. The molecule has 3 atom stereocenters. The van der Waals surface area contributed by atoms with Gasteiger partial charge in [0, 0.05) is 36.4 Å². The molecule has 0 aliphatic carbocycles. The van der Waals surface area contributed by atoms with Gasteiger partial charge in [-0.2, -0.15) is 0 Å². The highest BCUT2D eigenvalue weighted by atomic mass is 19.1. The van der Waals surface area contributed by atoms with Crippen molar-refractivity contribution in [3.05, 3.63) is 29.6 Å². The third-order valence-corrected chi connectivity index (χ3v) is 4.19. The second-order valence-corrected chi connectivity index (χ2v) is 5.39. The molecule has 0 bridgehead atoms. The van der Waals surface area contributed by atoms with Crippen LogP contribution in [0.3, 0.4) is 0 Å². The van der Waals surface area contributed by atoms with E-state index in [4.69, 9.17) is 15.2 Å². The Balaban J connectivity index is 1.99. The Labute approximate surface area is 106 Å². The number of fused-ring (bicyclic) bond motifs is 1. The van der Waals surface area contributed by atoms with Crippen LogP contribution in [0.25, 0.3) is 0 Å². The van der Waals surface area contributed by atoms with Crippen LogP contribution in [0.5, 0.6) is 5.75 Å². The van der Waals surface area contributed by atoms with E-state index in [-0.39, 0.29) is 23.4 Å². The maximum absolute atomic E-state index is 13.3. The fourth-order valence-electron chi connectivity index (χ4n) is 3.00. The van der Waals surface area contributed by atoms with E-state index in [1.807, 2.05) is 0 Å². The van der Waals surface area contributed by atoms with Gasteiger partial charge in [-0.25, -0.2) is 4.39 Å². The molecule has 1 aromatic carbocycles. The third-order valence-electron chi connectivity index (χ3n) is 4.19. The van der Waals surface area contributed by atoms with Crippen molar-refractivity contribution in [3.8, 4) is 5.75 Å². The summed E-state index contributed by atoms with van der Waals surface area (Å²) in [5.74, 6) is 0.592. The fourth-order valence-corrected chi connectivity index (χ4v) is 3.00. The van der Waals surface area contributed by atoms with Crippen LogP contribution in [0, 0.1) is 11.7 Å². The summed E-state index contributed by atoms with van der Waals surface area (Å²) in [5, 5.41) is 0. The zero-order chi connectivity index (χ0) is 12.8. The highest BCUT2D eigenvalue weighted by molar-refractivity contribution is 5.39. The smallest absolute Gasteiger partial charge is 0.127 e. The fraction of sp³-hybridized carbons (Fsp3) is 0.571. The Morgan fingerprint density at radius 1 is 1.44 bits per heavy atom. The molecule has 0 saturated carbocycles. The molecule has 2 unspecified atom stereocenters. The highest BCUT2D eigenvalue weighted by Gasteiger charge is 2.45. The standard InChI is InChI=1S/C14H18FNO2/c1-9-8-17-5-4-14(9)7-12(16)11-3-2-10(15)6-13(11)18-14/h2-3,6,9,12H,4-5,7-8,16H2,1H3/t9?,12-,14?/m0/s1. The molecule has 2 heterocycles. The third kappa shape index (κ3) is 1.80. The van der Waals surface area contributed by atoms with Crippen molar-refractivity contribution in [2.75, 3.05) is 13.2 Å². The zero-order valence-electron chi connectivity index (χ0n) is 10.5. The Kier molecular flexibility index (Phi) is 2.79. The molecule has 3 rings (SSSR count). The maximum Gasteiger partial charge on any atom is 0.127 e. The van der Waals surface area contributed by atoms with Gasteiger partial charge in [0.25, 0.3) is 0 Å². The van der Waals surface area contributed by atoms with Gasteiger partial charge in [0.05, 0.1) is 13.2 Å². The molecule has 1 saturated heterocycles. The normalized spacial score (nSPS) is 35.1. The average molecular weight is 251 g/mol. The van der Waals surface area contributed by atoms with Gasteiger partial charge in [-0.05, 0) is 6.07 Å². The van der Waals surface area contributed by atoms with Gasteiger partial charge in [-0.15, -0.1) is 0 Å². The van der Waals surface area contributed by atoms with E-state index < -0.39 is 0 Å². The first-order chi connectivity index (χ1) is 8.61. The molecule has 0 radical (unpaired) electrons. The van der Waals surface area contributed by atoms with Crippen molar-refractivity contribution < 1.29 is 13.9 Å². The van der Waals surface area contributed by atoms with Crippen molar-refractivity contribution in [1.29, 1.82) is 0 Å². The number of rotatable bonds is 0. The quantitative estimate of drug-likeness (QED) is 0.770. The average Bonchev–Trinajstić information content (AvgIpc) is 2.32. The van der Waals surface area contributed by atoms with Gasteiger partial charge in [-0.3, -0.25) is 0 Å². The lowest BCUT2D eigenvalue weighted by molar-refractivity contribution is -0.103. The molecule has 1 aromatic rings. The largest absolute Gasteiger partial charge is 0.486 e. The second-order valence-electron chi connectivity index (χ2n) is 5.39. The molecular weight excluding hydrogens is 233 g/mol. The Morgan fingerprint density at radius 2 is 2.28 bits per heavy atom. The minimum Gasteiger partial charge on any atom is -0.486 e. The maximum atomic E-state index is 13.3. The number of hydrogen-bond acceptors (Lipinski definition) is 3. The molecule has 2 aliphatic rings. The summed E-state index contributed by atoms with van der Waals surface area (Å²) in [4.78, 5) is 0. The van der Waals surface area contributed by atoms with Gasteiger partial charge in [-0.1, -0.05) is 13.0 Å². The van der Waals surface area contributed by atoms with Crippen LogP contribution in [0.15, 0.2) is 18.2 Å². The lowest BCUT2D eigenvalue weighted by atomic mass is 9.76. The Morgan fingerprint density at radius 3 is 3.06 bits per heavy atom. The molecule has 2 N–H and O–H groups in total. The van der Waals surface area contributed by atoms with Crippen molar-refractivity contribution in [3.63, 3.8) is 0 Å². The molecule has 2 aliphatic heterocycles. The number of ether oxygens (including phenoxy) is 2. The van der Waals surface area contributed by atoms with Gasteiger partial charge in [0.2, 0.25) is 0 Å². The number of hydrogen-bond donors (Lipinski definition) is 1. The van der Waals surface area contributed by atoms with Crippen LogP contribution in [0.2, 0.25) is 0 Å². The molecule has 18 heavy (non-hydrogen) atoms. The van der Waals surface area contributed by atoms with Gasteiger partial charge >= 0.3 is 0 Å². The molecule has 98 valence electrons. The topological polar surface area (TPSA) is 44.5 Å². The minimum absolute atomic E-state index is 0.0881. The summed E-state index contributed by atoms with van der Waals surface area (Å²) >= 11 is 0. The summed E-state index contributed by atoms with van der Waals surface area (Å²) in [5.41, 5.74) is 6.83. The monoisotopic (exact) mass is 251 g/mol. The molecule has 0 amide bonds. The van der Waals surface area contributed by atoms with Gasteiger partial charge < -0.3 is 15.2 Å². The number of nitrogens with two attached hydrogens (primary N) is 1. The minimum atomic E-state index is -0.293. The molecular formula is C14H18FNO2. The summed E-state index contributed by atoms with van der Waals surface area (Å²) in [6.45, 7) is 3.47. The van der Waals surface area contributed by atoms with Crippen molar-refractivity contribution >= 4 is 0 Å². The highest BCUT2D eigenvalue weighted by Crippen LogP contribution is 2.45. The van der Waals surface area contributed by atoms with E-state index >= 15 is 0 Å². The zero-order valence-corrected chi connectivity index (χ0v) is 10.5. The lowest BCUT2D eigenvalue weighted by Crippen LogP contribution is -2.52. The molecule has 3 nitrogen and oxygen atoms in total. The lowest BCUT2D eigenvalue weighted by Gasteiger charge is -2.47.